The molecule has 0 heterocycles. The van der Waals surface area contributed by atoms with Crippen LogP contribution in [0.5, 0.6) is 5.75 Å². The number of aryl methyl sites for hydroxylation is 2. The second-order valence-corrected chi connectivity index (χ2v) is 6.40. The molecule has 2 aromatic rings. The van der Waals surface area contributed by atoms with Crippen LogP contribution >= 0.6 is 0 Å². The van der Waals surface area contributed by atoms with Gasteiger partial charge < -0.3 is 10.5 Å². The number of hydrogen-bond acceptors (Lipinski definition) is 3. The van der Waals surface area contributed by atoms with E-state index < -0.39 is 0 Å². The summed E-state index contributed by atoms with van der Waals surface area (Å²) < 4.78 is 6.03. The summed E-state index contributed by atoms with van der Waals surface area (Å²) in [6.07, 6.45) is 2.57. The number of hydrogen-bond donors (Lipinski definition) is 1. The summed E-state index contributed by atoms with van der Waals surface area (Å²) in [6.45, 7) is 8.59. The van der Waals surface area contributed by atoms with Crippen LogP contribution in [0.4, 0.5) is 0 Å². The van der Waals surface area contributed by atoms with Gasteiger partial charge in [0.25, 0.3) is 0 Å². The monoisotopic (exact) mass is 325 g/mol. The molecular weight excluding hydrogens is 298 g/mol. The van der Waals surface area contributed by atoms with Gasteiger partial charge in [0, 0.05) is 16.7 Å². The molecule has 0 saturated carbocycles. The maximum atomic E-state index is 11.4. The standard InChI is InChI=1S/C21H27NO2/c1-5-21(22,6-2)19-11-10-17(13-23)18(12-19)14-24-20-15(3)8-7-9-16(20)4/h7-13H,5-6,14,22H2,1-4H3. The Morgan fingerprint density at radius 2 is 1.71 bits per heavy atom. The van der Waals surface area contributed by atoms with Crippen molar-refractivity contribution in [2.45, 2.75) is 52.7 Å². The smallest absolute Gasteiger partial charge is 0.150 e. The lowest BCUT2D eigenvalue weighted by Crippen LogP contribution is -2.35. The second kappa shape index (κ2) is 7.63. The summed E-state index contributed by atoms with van der Waals surface area (Å²) in [5.74, 6) is 0.879. The van der Waals surface area contributed by atoms with Gasteiger partial charge in [0.1, 0.15) is 18.6 Å². The molecule has 0 aromatic heterocycles. The number of aldehydes is 1. The molecule has 0 aliphatic carbocycles. The third kappa shape index (κ3) is 3.68. The van der Waals surface area contributed by atoms with Gasteiger partial charge in [-0.3, -0.25) is 4.79 Å². The van der Waals surface area contributed by atoms with E-state index in [-0.39, 0.29) is 5.54 Å². The predicted molar refractivity (Wildman–Crippen MR) is 98.5 cm³/mol. The van der Waals surface area contributed by atoms with Crippen molar-refractivity contribution in [1.82, 2.24) is 0 Å². The highest BCUT2D eigenvalue weighted by molar-refractivity contribution is 5.77. The van der Waals surface area contributed by atoms with E-state index in [0.29, 0.717) is 12.2 Å². The molecule has 0 unspecified atom stereocenters. The Morgan fingerprint density at radius 1 is 1.08 bits per heavy atom. The van der Waals surface area contributed by atoms with Crippen molar-refractivity contribution in [3.63, 3.8) is 0 Å². The molecule has 0 spiro atoms. The maximum absolute atomic E-state index is 11.4. The van der Waals surface area contributed by atoms with Crippen molar-refractivity contribution in [3.05, 3.63) is 64.2 Å². The van der Waals surface area contributed by atoms with Crippen molar-refractivity contribution in [2.24, 2.45) is 5.73 Å². The summed E-state index contributed by atoms with van der Waals surface area (Å²) in [5.41, 5.74) is 10.9. The molecule has 0 aliphatic rings. The molecule has 3 heteroatoms. The molecule has 3 nitrogen and oxygen atoms in total. The molecule has 24 heavy (non-hydrogen) atoms. The van der Waals surface area contributed by atoms with Gasteiger partial charge in [0.05, 0.1) is 0 Å². The summed E-state index contributed by atoms with van der Waals surface area (Å²) in [4.78, 5) is 11.4. The number of carbonyl (C=O) groups excluding carboxylic acids is 1. The normalized spacial score (nSPS) is 11.4. The molecule has 0 saturated heterocycles. The minimum Gasteiger partial charge on any atom is -0.488 e. The van der Waals surface area contributed by atoms with Gasteiger partial charge in [-0.1, -0.05) is 44.2 Å². The summed E-state index contributed by atoms with van der Waals surface area (Å²) >= 11 is 0. The Hall–Kier alpha value is -2.13. The highest BCUT2D eigenvalue weighted by Crippen LogP contribution is 2.29. The molecule has 0 atom stereocenters. The molecule has 2 aromatic carbocycles. The third-order valence-electron chi connectivity index (χ3n) is 4.89. The topological polar surface area (TPSA) is 52.3 Å². The fourth-order valence-corrected chi connectivity index (χ4v) is 2.99. The van der Waals surface area contributed by atoms with Crippen LogP contribution < -0.4 is 10.5 Å². The first-order valence-corrected chi connectivity index (χ1v) is 8.51. The van der Waals surface area contributed by atoms with Crippen LogP contribution in [0, 0.1) is 13.8 Å². The zero-order valence-corrected chi connectivity index (χ0v) is 15.1. The minimum absolute atomic E-state index is 0.358. The van der Waals surface area contributed by atoms with Crippen LogP contribution in [-0.4, -0.2) is 6.29 Å². The molecule has 0 bridgehead atoms. The first-order valence-electron chi connectivity index (χ1n) is 8.51. The van der Waals surface area contributed by atoms with Gasteiger partial charge in [0.15, 0.2) is 0 Å². The average Bonchev–Trinajstić information content (AvgIpc) is 2.60. The lowest BCUT2D eigenvalue weighted by molar-refractivity contribution is 0.112. The van der Waals surface area contributed by atoms with Crippen LogP contribution in [0.25, 0.3) is 0 Å². The zero-order valence-electron chi connectivity index (χ0n) is 15.1. The largest absolute Gasteiger partial charge is 0.488 e. The SMILES string of the molecule is CCC(N)(CC)c1ccc(C=O)c(COc2c(C)cccc2C)c1. The van der Waals surface area contributed by atoms with Crippen LogP contribution in [0.15, 0.2) is 36.4 Å². The molecule has 0 aliphatic heterocycles. The van der Waals surface area contributed by atoms with Gasteiger partial charge in [-0.15, -0.1) is 0 Å². The van der Waals surface area contributed by atoms with Crippen molar-refractivity contribution in [2.75, 3.05) is 0 Å². The molecule has 0 radical (unpaired) electrons. The van der Waals surface area contributed by atoms with E-state index in [1.165, 1.54) is 0 Å². The Kier molecular flexibility index (Phi) is 5.79. The van der Waals surface area contributed by atoms with Crippen molar-refractivity contribution in [1.29, 1.82) is 0 Å². The number of rotatable bonds is 7. The quantitative estimate of drug-likeness (QED) is 0.753. The predicted octanol–water partition coefficient (Wildman–Crippen LogP) is 4.67. The van der Waals surface area contributed by atoms with Gasteiger partial charge in [-0.25, -0.2) is 0 Å². The maximum Gasteiger partial charge on any atom is 0.150 e. The van der Waals surface area contributed by atoms with E-state index in [1.807, 2.05) is 50.2 Å². The lowest BCUT2D eigenvalue weighted by Gasteiger charge is -2.28. The van der Waals surface area contributed by atoms with E-state index >= 15 is 0 Å². The Morgan fingerprint density at radius 3 is 2.25 bits per heavy atom. The summed E-state index contributed by atoms with van der Waals surface area (Å²) in [7, 11) is 0. The van der Waals surface area contributed by atoms with Gasteiger partial charge >= 0.3 is 0 Å². The molecule has 0 fully saturated rings. The van der Waals surface area contributed by atoms with Gasteiger partial charge in [-0.2, -0.15) is 0 Å². The second-order valence-electron chi connectivity index (χ2n) is 6.40. The first kappa shape index (κ1) is 18.2. The van der Waals surface area contributed by atoms with Crippen LogP contribution in [0.2, 0.25) is 0 Å². The van der Waals surface area contributed by atoms with E-state index in [1.54, 1.807) is 0 Å². The zero-order chi connectivity index (χ0) is 17.7. The molecule has 128 valence electrons. The number of ether oxygens (including phenoxy) is 1. The molecule has 2 rings (SSSR count). The number of benzene rings is 2. The summed E-state index contributed by atoms with van der Waals surface area (Å²) in [6, 6.07) is 11.9. The van der Waals surface area contributed by atoms with E-state index in [2.05, 4.69) is 13.8 Å². The fraction of sp³-hybridized carbons (Fsp3) is 0.381. The highest BCUT2D eigenvalue weighted by Gasteiger charge is 2.23. The van der Waals surface area contributed by atoms with Crippen LogP contribution in [0.1, 0.15) is 59.3 Å². The van der Waals surface area contributed by atoms with Gasteiger partial charge in [0.2, 0.25) is 0 Å². The fourth-order valence-electron chi connectivity index (χ4n) is 2.99. The van der Waals surface area contributed by atoms with Gasteiger partial charge in [-0.05, 0) is 49.4 Å². The molecule has 0 amide bonds. The highest BCUT2D eigenvalue weighted by atomic mass is 16.5. The average molecular weight is 325 g/mol. The van der Waals surface area contributed by atoms with E-state index in [0.717, 1.165) is 47.1 Å². The summed E-state index contributed by atoms with van der Waals surface area (Å²) in [5, 5.41) is 0. The molecule has 2 N–H and O–H groups in total. The van der Waals surface area contributed by atoms with E-state index in [4.69, 9.17) is 10.5 Å². The van der Waals surface area contributed by atoms with Crippen LogP contribution in [-0.2, 0) is 12.1 Å². The van der Waals surface area contributed by atoms with Crippen molar-refractivity contribution >= 4 is 6.29 Å². The number of nitrogens with two attached hydrogens (primary N) is 1. The van der Waals surface area contributed by atoms with Crippen molar-refractivity contribution < 1.29 is 9.53 Å². The van der Waals surface area contributed by atoms with Crippen molar-refractivity contribution in [3.8, 4) is 5.75 Å². The third-order valence-corrected chi connectivity index (χ3v) is 4.89. The first-order chi connectivity index (χ1) is 11.4. The number of para-hydroxylation sites is 1. The Balaban J connectivity index is 2.33. The Bertz CT molecular complexity index is 698. The Labute approximate surface area is 144 Å². The van der Waals surface area contributed by atoms with E-state index in [9.17, 15) is 4.79 Å². The lowest BCUT2D eigenvalue weighted by atomic mass is 9.84. The number of carbonyl (C=O) groups is 1. The molecular formula is C21H27NO2. The minimum atomic E-state index is -0.366. The van der Waals surface area contributed by atoms with Crippen LogP contribution in [0.3, 0.4) is 0 Å².